The van der Waals surface area contributed by atoms with E-state index < -0.39 is 60.2 Å². The molecular formula is C26H29ClF5N5O4. The molecule has 2 amide bonds. The van der Waals surface area contributed by atoms with Crippen LogP contribution in [0.3, 0.4) is 0 Å². The number of hydrogen-bond acceptors (Lipinski definition) is 6. The molecule has 1 atom stereocenters. The average Bonchev–Trinajstić information content (AvgIpc) is 2.92. The first-order chi connectivity index (χ1) is 19.2. The van der Waals surface area contributed by atoms with Gasteiger partial charge in [0.1, 0.15) is 0 Å². The van der Waals surface area contributed by atoms with Gasteiger partial charge in [0, 0.05) is 56.3 Å². The number of anilines is 2. The lowest BCUT2D eigenvalue weighted by Crippen LogP contribution is -2.47. The number of benzene rings is 2. The maximum Gasteiger partial charge on any atom is 0.390 e. The molecule has 2 aromatic rings. The van der Waals surface area contributed by atoms with E-state index in [4.69, 9.17) is 22.4 Å². The van der Waals surface area contributed by atoms with E-state index in [1.54, 1.807) is 11.0 Å². The molecule has 1 aliphatic rings. The number of nitrogens with one attached hydrogen (secondary N) is 2. The molecule has 0 spiro atoms. The number of nitrogens with zero attached hydrogens (tertiary/aromatic N) is 2. The summed E-state index contributed by atoms with van der Waals surface area (Å²) in [5, 5.41) is 13.9. The van der Waals surface area contributed by atoms with Gasteiger partial charge in [0.05, 0.1) is 29.4 Å². The van der Waals surface area contributed by atoms with Crippen molar-refractivity contribution in [3.05, 3.63) is 58.1 Å². The fraction of sp³-hybridized carbons (Fsp3) is 0.423. The third kappa shape index (κ3) is 9.26. The van der Waals surface area contributed by atoms with Crippen molar-refractivity contribution in [2.24, 2.45) is 5.73 Å². The summed E-state index contributed by atoms with van der Waals surface area (Å²) in [7, 11) is 0. The highest BCUT2D eigenvalue weighted by atomic mass is 35.5. The Bertz CT molecular complexity index is 1270. The minimum Gasteiger partial charge on any atom is -0.481 e. The third-order valence-electron chi connectivity index (χ3n) is 6.50. The minimum atomic E-state index is -4.25. The van der Waals surface area contributed by atoms with Crippen LogP contribution in [-0.4, -0.2) is 72.7 Å². The summed E-state index contributed by atoms with van der Waals surface area (Å²) in [6.07, 6.45) is -5.65. The second-order valence-electron chi connectivity index (χ2n) is 9.47. The van der Waals surface area contributed by atoms with Crippen LogP contribution in [0.25, 0.3) is 0 Å². The zero-order chi connectivity index (χ0) is 30.3. The SMILES string of the molecule is NC(CCC(=O)O)C(=O)NCc1ccc(C(=O)Nc2ccc(Cl)cc2N2CCN(CCC(F)(F)F)CC2)c(F)c1F. The second kappa shape index (κ2) is 13.9. The topological polar surface area (TPSA) is 128 Å². The quantitative estimate of drug-likeness (QED) is 0.287. The molecule has 15 heteroatoms. The van der Waals surface area contributed by atoms with Crippen molar-refractivity contribution in [2.45, 2.75) is 38.0 Å². The lowest BCUT2D eigenvalue weighted by atomic mass is 10.1. The molecule has 5 N–H and O–H groups in total. The average molecular weight is 606 g/mol. The van der Waals surface area contributed by atoms with Crippen molar-refractivity contribution in [2.75, 3.05) is 42.9 Å². The fourth-order valence-corrected chi connectivity index (χ4v) is 4.35. The Kier molecular flexibility index (Phi) is 10.9. The normalized spacial score (nSPS) is 15.0. The van der Waals surface area contributed by atoms with Gasteiger partial charge >= 0.3 is 12.1 Å². The van der Waals surface area contributed by atoms with E-state index in [0.29, 0.717) is 36.9 Å². The molecule has 0 saturated carbocycles. The van der Waals surface area contributed by atoms with Gasteiger partial charge < -0.3 is 26.4 Å². The Morgan fingerprint density at radius 1 is 1.05 bits per heavy atom. The van der Waals surface area contributed by atoms with E-state index in [2.05, 4.69) is 10.6 Å². The van der Waals surface area contributed by atoms with Gasteiger partial charge in [0.25, 0.3) is 5.91 Å². The summed E-state index contributed by atoms with van der Waals surface area (Å²) in [5.41, 5.74) is 5.45. The number of carbonyl (C=O) groups is 3. The lowest BCUT2D eigenvalue weighted by Gasteiger charge is -2.37. The smallest absolute Gasteiger partial charge is 0.390 e. The van der Waals surface area contributed by atoms with Crippen molar-refractivity contribution in [3.8, 4) is 0 Å². The first kappa shape index (κ1) is 32.0. The molecule has 2 aromatic carbocycles. The van der Waals surface area contributed by atoms with Crippen LogP contribution in [0.1, 0.15) is 35.2 Å². The van der Waals surface area contributed by atoms with Crippen LogP contribution in [0.5, 0.6) is 0 Å². The number of carboxylic acid groups (broad SMARTS) is 1. The van der Waals surface area contributed by atoms with Crippen molar-refractivity contribution in [1.82, 2.24) is 10.2 Å². The monoisotopic (exact) mass is 605 g/mol. The van der Waals surface area contributed by atoms with Gasteiger partial charge in [-0.05, 0) is 30.7 Å². The van der Waals surface area contributed by atoms with Crippen LogP contribution in [0, 0.1) is 11.6 Å². The van der Waals surface area contributed by atoms with E-state index in [0.717, 1.165) is 12.1 Å². The Balaban J connectivity index is 1.66. The Morgan fingerprint density at radius 2 is 1.73 bits per heavy atom. The molecule has 1 saturated heterocycles. The second-order valence-corrected chi connectivity index (χ2v) is 9.90. The molecule has 3 rings (SSSR count). The van der Waals surface area contributed by atoms with Gasteiger partial charge in [-0.25, -0.2) is 8.78 Å². The number of carbonyl (C=O) groups excluding carboxylic acids is 2. The predicted molar refractivity (Wildman–Crippen MR) is 142 cm³/mol. The summed E-state index contributed by atoms with van der Waals surface area (Å²) >= 11 is 6.14. The van der Waals surface area contributed by atoms with Crippen molar-refractivity contribution in [1.29, 1.82) is 0 Å². The van der Waals surface area contributed by atoms with Gasteiger partial charge in [-0.3, -0.25) is 19.3 Å². The van der Waals surface area contributed by atoms with E-state index >= 15 is 0 Å². The number of carboxylic acids is 1. The molecule has 224 valence electrons. The molecular weight excluding hydrogens is 577 g/mol. The summed E-state index contributed by atoms with van der Waals surface area (Å²) in [6.45, 7) is 0.824. The fourth-order valence-electron chi connectivity index (χ4n) is 4.18. The summed E-state index contributed by atoms with van der Waals surface area (Å²) in [4.78, 5) is 39.0. The Hall–Kier alpha value is -3.49. The largest absolute Gasteiger partial charge is 0.481 e. The van der Waals surface area contributed by atoms with Gasteiger partial charge in [0.15, 0.2) is 11.6 Å². The van der Waals surface area contributed by atoms with Crippen molar-refractivity contribution < 1.29 is 41.4 Å². The zero-order valence-electron chi connectivity index (χ0n) is 21.7. The molecule has 1 aliphatic heterocycles. The molecule has 0 radical (unpaired) electrons. The minimum absolute atomic E-state index is 0.126. The van der Waals surface area contributed by atoms with Crippen LogP contribution in [0.2, 0.25) is 5.02 Å². The summed E-state index contributed by atoms with van der Waals surface area (Å²) in [6, 6.07) is 5.56. The molecule has 0 aromatic heterocycles. The van der Waals surface area contributed by atoms with E-state index in [1.807, 2.05) is 4.90 Å². The van der Waals surface area contributed by atoms with Crippen LogP contribution < -0.4 is 21.3 Å². The van der Waals surface area contributed by atoms with E-state index in [9.17, 15) is 36.3 Å². The first-order valence-electron chi connectivity index (χ1n) is 12.6. The first-order valence-corrected chi connectivity index (χ1v) is 13.0. The Morgan fingerprint density at radius 3 is 2.37 bits per heavy atom. The summed E-state index contributed by atoms with van der Waals surface area (Å²) in [5.74, 6) is -5.64. The highest BCUT2D eigenvalue weighted by molar-refractivity contribution is 6.31. The molecule has 1 heterocycles. The van der Waals surface area contributed by atoms with Gasteiger partial charge in [-0.1, -0.05) is 17.7 Å². The van der Waals surface area contributed by atoms with Crippen LogP contribution in [0.4, 0.5) is 33.3 Å². The van der Waals surface area contributed by atoms with Crippen molar-refractivity contribution in [3.63, 3.8) is 0 Å². The van der Waals surface area contributed by atoms with Crippen LogP contribution >= 0.6 is 11.6 Å². The number of aliphatic carboxylic acids is 1. The highest BCUT2D eigenvalue weighted by Gasteiger charge is 2.29. The molecule has 41 heavy (non-hydrogen) atoms. The standard InChI is InChI=1S/C26H29ClF5N5O4/c27-16-2-5-19(20(13-16)37-11-9-36(10-12-37)8-7-26(30,31)32)35-24(40)17-3-1-15(22(28)23(17)29)14-34-25(41)18(33)4-6-21(38)39/h1-3,5,13,18H,4,6-12,14,33H2,(H,34,41)(H,35,40)(H,38,39). The van der Waals surface area contributed by atoms with Gasteiger partial charge in [0.2, 0.25) is 5.91 Å². The molecule has 9 nitrogen and oxygen atoms in total. The van der Waals surface area contributed by atoms with Crippen LogP contribution in [0.15, 0.2) is 30.3 Å². The molecule has 1 unspecified atom stereocenters. The van der Waals surface area contributed by atoms with Crippen LogP contribution in [-0.2, 0) is 16.1 Å². The maximum absolute atomic E-state index is 14.9. The molecule has 0 bridgehead atoms. The summed E-state index contributed by atoms with van der Waals surface area (Å²) < 4.78 is 67.3. The van der Waals surface area contributed by atoms with Crippen molar-refractivity contribution >= 4 is 40.8 Å². The maximum atomic E-state index is 14.9. The van der Waals surface area contributed by atoms with E-state index in [-0.39, 0.29) is 30.6 Å². The zero-order valence-corrected chi connectivity index (χ0v) is 22.5. The Labute approximate surface area is 237 Å². The number of alkyl halides is 3. The number of hydrogen-bond donors (Lipinski definition) is 4. The third-order valence-corrected chi connectivity index (χ3v) is 6.73. The number of rotatable bonds is 11. The predicted octanol–water partition coefficient (Wildman–Crippen LogP) is 3.75. The lowest BCUT2D eigenvalue weighted by molar-refractivity contribution is -0.138. The molecule has 1 fully saturated rings. The number of nitrogens with two attached hydrogens (primary N) is 1. The van der Waals surface area contributed by atoms with E-state index in [1.165, 1.54) is 12.1 Å². The number of piperazine rings is 1. The number of amides is 2. The van der Waals surface area contributed by atoms with Gasteiger partial charge in [-0.2, -0.15) is 13.2 Å². The van der Waals surface area contributed by atoms with Gasteiger partial charge in [-0.15, -0.1) is 0 Å². The molecule has 0 aliphatic carbocycles. The number of halogens is 6. The highest BCUT2D eigenvalue weighted by Crippen LogP contribution is 2.31.